The second kappa shape index (κ2) is 9.57. The Morgan fingerprint density at radius 1 is 1.09 bits per heavy atom. The van der Waals surface area contributed by atoms with Gasteiger partial charge in [-0.15, -0.1) is 0 Å². The van der Waals surface area contributed by atoms with Crippen LogP contribution in [0.15, 0.2) is 30.3 Å². The van der Waals surface area contributed by atoms with E-state index in [0.29, 0.717) is 6.42 Å². The number of carbonyl (C=O) groups excluding carboxylic acids is 1. The van der Waals surface area contributed by atoms with Crippen LogP contribution in [0.2, 0.25) is 0 Å². The summed E-state index contributed by atoms with van der Waals surface area (Å²) in [7, 11) is 0. The van der Waals surface area contributed by atoms with Crippen molar-refractivity contribution < 1.29 is 27.9 Å². The summed E-state index contributed by atoms with van der Waals surface area (Å²) in [6.45, 7) is 0. The van der Waals surface area contributed by atoms with E-state index < -0.39 is 29.7 Å². The van der Waals surface area contributed by atoms with Crippen molar-refractivity contribution in [3.8, 4) is 11.3 Å². The van der Waals surface area contributed by atoms with Gasteiger partial charge < -0.3 is 10.4 Å². The number of alkyl halides is 3. The van der Waals surface area contributed by atoms with Gasteiger partial charge in [-0.25, -0.2) is 4.79 Å². The third-order valence-corrected chi connectivity index (χ3v) is 6.79. The summed E-state index contributed by atoms with van der Waals surface area (Å²) in [4.78, 5) is 24.7. The van der Waals surface area contributed by atoms with Crippen molar-refractivity contribution in [2.24, 2.45) is 5.92 Å². The molecule has 4 rings (SSSR count). The molecule has 2 N–H and O–H groups in total. The van der Waals surface area contributed by atoms with Crippen molar-refractivity contribution in [1.29, 1.82) is 0 Å². The highest BCUT2D eigenvalue weighted by molar-refractivity contribution is 5.96. The maximum absolute atomic E-state index is 13.7. The van der Waals surface area contributed by atoms with Crippen LogP contribution in [0.1, 0.15) is 79.9 Å². The number of aliphatic carboxylic acids is 1. The second-order valence-corrected chi connectivity index (χ2v) is 9.09. The normalized spacial score (nSPS) is 18.5. The Labute approximate surface area is 190 Å². The molecule has 33 heavy (non-hydrogen) atoms. The number of aromatic nitrogens is 2. The van der Waals surface area contributed by atoms with Crippen molar-refractivity contribution in [3.05, 3.63) is 41.6 Å². The maximum atomic E-state index is 13.7. The van der Waals surface area contributed by atoms with Crippen LogP contribution in [0.3, 0.4) is 0 Å². The number of halogens is 3. The minimum Gasteiger partial charge on any atom is -0.480 e. The van der Waals surface area contributed by atoms with Gasteiger partial charge in [0.15, 0.2) is 5.69 Å². The molecule has 2 aliphatic carbocycles. The highest BCUT2D eigenvalue weighted by Crippen LogP contribution is 2.40. The molecule has 1 aromatic heterocycles. The molecule has 0 unspecified atom stereocenters. The van der Waals surface area contributed by atoms with E-state index in [4.69, 9.17) is 0 Å². The van der Waals surface area contributed by atoms with Crippen LogP contribution in [-0.2, 0) is 11.0 Å². The number of hydrogen-bond donors (Lipinski definition) is 2. The zero-order valence-corrected chi connectivity index (χ0v) is 18.3. The van der Waals surface area contributed by atoms with Gasteiger partial charge in [0, 0.05) is 5.56 Å². The molecule has 2 fully saturated rings. The van der Waals surface area contributed by atoms with E-state index in [1.807, 2.05) is 0 Å². The quantitative estimate of drug-likeness (QED) is 0.572. The molecule has 0 aliphatic heterocycles. The van der Waals surface area contributed by atoms with Crippen molar-refractivity contribution in [2.45, 2.75) is 76.0 Å². The molecule has 9 heteroatoms. The maximum Gasteiger partial charge on any atom is 0.417 e. The van der Waals surface area contributed by atoms with Crippen LogP contribution >= 0.6 is 0 Å². The summed E-state index contributed by atoms with van der Waals surface area (Å²) in [6, 6.07) is 5.46. The molecule has 0 radical (unpaired) electrons. The number of carboxylic acid groups (broad SMARTS) is 1. The van der Waals surface area contributed by atoms with Gasteiger partial charge in [0.05, 0.1) is 17.3 Å². The van der Waals surface area contributed by atoms with Crippen LogP contribution in [0.4, 0.5) is 13.2 Å². The first-order valence-corrected chi connectivity index (χ1v) is 11.5. The van der Waals surface area contributed by atoms with Gasteiger partial charge in [-0.1, -0.05) is 56.7 Å². The Balaban J connectivity index is 1.66. The summed E-state index contributed by atoms with van der Waals surface area (Å²) < 4.78 is 42.6. The third kappa shape index (κ3) is 5.23. The van der Waals surface area contributed by atoms with Crippen LogP contribution in [0, 0.1) is 5.92 Å². The zero-order valence-electron chi connectivity index (χ0n) is 18.3. The average molecular weight is 464 g/mol. The van der Waals surface area contributed by atoms with Crippen molar-refractivity contribution in [3.63, 3.8) is 0 Å². The van der Waals surface area contributed by atoms with Gasteiger partial charge in [-0.2, -0.15) is 18.3 Å². The largest absolute Gasteiger partial charge is 0.480 e. The fraction of sp³-hybridized carbons (Fsp3) is 0.542. The molecule has 2 saturated carbocycles. The highest BCUT2D eigenvalue weighted by atomic mass is 19.4. The molecule has 0 spiro atoms. The third-order valence-electron chi connectivity index (χ3n) is 6.79. The number of nitrogens with one attached hydrogen (secondary N) is 1. The lowest BCUT2D eigenvalue weighted by Gasteiger charge is -2.18. The van der Waals surface area contributed by atoms with Crippen LogP contribution in [0.25, 0.3) is 11.3 Å². The number of hydrogen-bond acceptors (Lipinski definition) is 3. The minimum absolute atomic E-state index is 0.0378. The number of nitrogens with zero attached hydrogens (tertiary/aromatic N) is 2. The van der Waals surface area contributed by atoms with Gasteiger partial charge in [0.25, 0.3) is 5.91 Å². The van der Waals surface area contributed by atoms with E-state index in [0.717, 1.165) is 57.4 Å². The van der Waals surface area contributed by atoms with Gasteiger partial charge in [-0.3, -0.25) is 9.48 Å². The summed E-state index contributed by atoms with van der Waals surface area (Å²) in [5.74, 6) is -1.55. The SMILES string of the molecule is O=C(N[C@@H](CC1CCCC1)C(=O)O)c1cc(-c2ccccc2C(F)(F)F)n(C2CCCC2)n1. The number of benzene rings is 1. The fourth-order valence-electron chi connectivity index (χ4n) is 5.12. The van der Waals surface area contributed by atoms with E-state index >= 15 is 0 Å². The predicted molar refractivity (Wildman–Crippen MR) is 116 cm³/mol. The van der Waals surface area contributed by atoms with Crippen LogP contribution in [0.5, 0.6) is 0 Å². The van der Waals surface area contributed by atoms with E-state index in [2.05, 4.69) is 10.4 Å². The summed E-state index contributed by atoms with van der Waals surface area (Å²) in [5, 5.41) is 16.5. The second-order valence-electron chi connectivity index (χ2n) is 9.09. The minimum atomic E-state index is -4.56. The van der Waals surface area contributed by atoms with E-state index in [1.165, 1.54) is 28.9 Å². The molecule has 2 aliphatic rings. The Hall–Kier alpha value is -2.84. The standard InChI is InChI=1S/C24H28F3N3O3/c25-24(26,27)18-12-6-5-11-17(18)21-14-19(29-30(21)16-9-3-4-10-16)22(31)28-20(23(32)33)13-15-7-1-2-8-15/h5-6,11-12,14-16,20H,1-4,7-10,13H2,(H,28,31)(H,32,33)/t20-/m0/s1. The zero-order chi connectivity index (χ0) is 23.6. The lowest BCUT2D eigenvalue weighted by Crippen LogP contribution is -2.42. The molecule has 2 aromatic rings. The Kier molecular flexibility index (Phi) is 6.76. The van der Waals surface area contributed by atoms with Crippen molar-refractivity contribution in [1.82, 2.24) is 15.1 Å². The first kappa shape index (κ1) is 23.3. The summed E-state index contributed by atoms with van der Waals surface area (Å²) in [5.41, 5.74) is -0.667. The molecular formula is C24H28F3N3O3. The average Bonchev–Trinajstić information content (AvgIpc) is 3.53. The number of rotatable bonds is 7. The van der Waals surface area contributed by atoms with Gasteiger partial charge in [0.1, 0.15) is 6.04 Å². The smallest absolute Gasteiger partial charge is 0.417 e. The lowest BCUT2D eigenvalue weighted by molar-refractivity contribution is -0.140. The highest BCUT2D eigenvalue weighted by Gasteiger charge is 2.36. The Bertz CT molecular complexity index is 1010. The molecular weight excluding hydrogens is 435 g/mol. The number of carboxylic acids is 1. The van der Waals surface area contributed by atoms with Crippen LogP contribution in [-0.4, -0.2) is 32.8 Å². The number of amides is 1. The molecule has 1 amide bonds. The van der Waals surface area contributed by atoms with E-state index in [-0.39, 0.29) is 28.9 Å². The van der Waals surface area contributed by atoms with Crippen LogP contribution < -0.4 is 5.32 Å². The van der Waals surface area contributed by atoms with E-state index in [9.17, 15) is 27.9 Å². The topological polar surface area (TPSA) is 84.2 Å². The first-order valence-electron chi connectivity index (χ1n) is 11.5. The predicted octanol–water partition coefficient (Wildman–Crippen LogP) is 5.45. The van der Waals surface area contributed by atoms with Crippen molar-refractivity contribution >= 4 is 11.9 Å². The summed E-state index contributed by atoms with van der Waals surface area (Å²) in [6.07, 6.45) is 3.18. The Morgan fingerprint density at radius 3 is 2.36 bits per heavy atom. The Morgan fingerprint density at radius 2 is 1.73 bits per heavy atom. The molecule has 1 aromatic carbocycles. The molecule has 1 heterocycles. The first-order chi connectivity index (χ1) is 15.7. The fourth-order valence-corrected chi connectivity index (χ4v) is 5.12. The van der Waals surface area contributed by atoms with E-state index in [1.54, 1.807) is 0 Å². The molecule has 1 atom stereocenters. The van der Waals surface area contributed by atoms with Gasteiger partial charge >= 0.3 is 12.1 Å². The number of carbonyl (C=O) groups is 2. The van der Waals surface area contributed by atoms with Crippen molar-refractivity contribution in [2.75, 3.05) is 0 Å². The van der Waals surface area contributed by atoms with Gasteiger partial charge in [-0.05, 0) is 37.3 Å². The van der Waals surface area contributed by atoms with Gasteiger partial charge in [0.2, 0.25) is 0 Å². The summed E-state index contributed by atoms with van der Waals surface area (Å²) >= 11 is 0. The molecule has 0 saturated heterocycles. The monoisotopic (exact) mass is 463 g/mol. The lowest BCUT2D eigenvalue weighted by atomic mass is 9.98. The molecule has 0 bridgehead atoms. The molecule has 6 nitrogen and oxygen atoms in total. The molecule has 178 valence electrons.